The first kappa shape index (κ1) is 14.0. The van der Waals surface area contributed by atoms with Gasteiger partial charge >= 0.3 is 0 Å². The van der Waals surface area contributed by atoms with Crippen molar-refractivity contribution in [1.82, 2.24) is 10.3 Å². The molecule has 0 aliphatic carbocycles. The van der Waals surface area contributed by atoms with E-state index in [1.807, 2.05) is 0 Å². The Kier molecular flexibility index (Phi) is 3.99. The Morgan fingerprint density at radius 1 is 1.55 bits per heavy atom. The highest BCUT2D eigenvalue weighted by Crippen LogP contribution is 2.24. The van der Waals surface area contributed by atoms with Crippen molar-refractivity contribution in [2.75, 3.05) is 0 Å². The molecule has 20 heavy (non-hydrogen) atoms. The molecule has 0 aliphatic heterocycles. The summed E-state index contributed by atoms with van der Waals surface area (Å²) in [6.07, 6.45) is 1.54. The molecule has 0 saturated heterocycles. The van der Waals surface area contributed by atoms with Crippen molar-refractivity contribution < 1.29 is 14.1 Å². The Balaban J connectivity index is 2.09. The smallest absolute Gasteiger partial charge is 0.288 e. The number of rotatable bonds is 4. The molecule has 2 rings (SSSR count). The minimum Gasteiger partial charge on any atom is -0.444 e. The van der Waals surface area contributed by atoms with Gasteiger partial charge in [0, 0.05) is 11.6 Å². The molecule has 0 aliphatic rings. The number of oxazole rings is 1. The topological polar surface area (TPSA) is 98.3 Å². The maximum Gasteiger partial charge on any atom is 0.288 e. The fourth-order valence-electron chi connectivity index (χ4n) is 1.53. The molecule has 0 spiro atoms. The van der Waals surface area contributed by atoms with E-state index in [9.17, 15) is 14.9 Å². The molecule has 1 aromatic carbocycles. The SMILES string of the molecule is Cc1cnc(CNC(=O)c2ccc(Cl)c([N+](=O)[O-])c2)o1. The maximum absolute atomic E-state index is 11.9. The van der Waals surface area contributed by atoms with E-state index < -0.39 is 10.8 Å². The third-order valence-corrected chi connectivity index (χ3v) is 2.79. The van der Waals surface area contributed by atoms with Gasteiger partial charge in [0.25, 0.3) is 11.6 Å². The van der Waals surface area contributed by atoms with E-state index in [1.54, 1.807) is 6.92 Å². The van der Waals surface area contributed by atoms with Crippen LogP contribution in [0.5, 0.6) is 0 Å². The summed E-state index contributed by atoms with van der Waals surface area (Å²) >= 11 is 5.67. The summed E-state index contributed by atoms with van der Waals surface area (Å²) < 4.78 is 5.20. The Bertz CT molecular complexity index is 668. The Hall–Kier alpha value is -2.41. The highest BCUT2D eigenvalue weighted by atomic mass is 35.5. The van der Waals surface area contributed by atoms with Crippen molar-refractivity contribution in [3.8, 4) is 0 Å². The fraction of sp³-hybridized carbons (Fsp3) is 0.167. The summed E-state index contributed by atoms with van der Waals surface area (Å²) in [4.78, 5) is 25.9. The van der Waals surface area contributed by atoms with E-state index >= 15 is 0 Å². The largest absolute Gasteiger partial charge is 0.444 e. The van der Waals surface area contributed by atoms with Gasteiger partial charge in [0.05, 0.1) is 17.7 Å². The van der Waals surface area contributed by atoms with Gasteiger partial charge in [-0.1, -0.05) is 11.6 Å². The van der Waals surface area contributed by atoms with Crippen molar-refractivity contribution in [3.05, 3.63) is 56.7 Å². The number of halogens is 1. The minimum atomic E-state index is -0.642. The van der Waals surface area contributed by atoms with Gasteiger partial charge in [-0.3, -0.25) is 14.9 Å². The first-order valence-electron chi connectivity index (χ1n) is 5.61. The van der Waals surface area contributed by atoms with E-state index in [1.165, 1.54) is 18.3 Å². The van der Waals surface area contributed by atoms with Gasteiger partial charge in [-0.15, -0.1) is 0 Å². The molecule has 104 valence electrons. The molecule has 1 N–H and O–H groups in total. The monoisotopic (exact) mass is 295 g/mol. The average molecular weight is 296 g/mol. The van der Waals surface area contributed by atoms with Crippen LogP contribution in [-0.4, -0.2) is 15.8 Å². The Morgan fingerprint density at radius 2 is 2.30 bits per heavy atom. The van der Waals surface area contributed by atoms with Crippen LogP contribution in [0.3, 0.4) is 0 Å². The van der Waals surface area contributed by atoms with Crippen LogP contribution in [0.1, 0.15) is 22.0 Å². The lowest BCUT2D eigenvalue weighted by atomic mass is 10.2. The van der Waals surface area contributed by atoms with Crippen LogP contribution in [0.25, 0.3) is 0 Å². The van der Waals surface area contributed by atoms with Crippen LogP contribution in [0.15, 0.2) is 28.8 Å². The molecule has 1 heterocycles. The number of nitro groups is 1. The number of hydrogen-bond acceptors (Lipinski definition) is 5. The second-order valence-electron chi connectivity index (χ2n) is 3.97. The number of nitrogens with one attached hydrogen (secondary N) is 1. The lowest BCUT2D eigenvalue weighted by molar-refractivity contribution is -0.384. The lowest BCUT2D eigenvalue weighted by Crippen LogP contribution is -2.23. The summed E-state index contributed by atoms with van der Waals surface area (Å²) in [6, 6.07) is 3.84. The average Bonchev–Trinajstić information content (AvgIpc) is 2.82. The van der Waals surface area contributed by atoms with Crippen LogP contribution in [0.2, 0.25) is 5.02 Å². The van der Waals surface area contributed by atoms with Gasteiger partial charge in [-0.05, 0) is 19.1 Å². The number of hydrogen-bond donors (Lipinski definition) is 1. The van der Waals surface area contributed by atoms with E-state index in [-0.39, 0.29) is 22.8 Å². The van der Waals surface area contributed by atoms with Crippen molar-refractivity contribution in [2.24, 2.45) is 0 Å². The second kappa shape index (κ2) is 5.70. The van der Waals surface area contributed by atoms with Gasteiger partial charge in [0.1, 0.15) is 10.8 Å². The van der Waals surface area contributed by atoms with Crippen molar-refractivity contribution in [3.63, 3.8) is 0 Å². The van der Waals surface area contributed by atoms with Gasteiger partial charge in [0.2, 0.25) is 5.89 Å². The van der Waals surface area contributed by atoms with E-state index in [0.29, 0.717) is 11.7 Å². The van der Waals surface area contributed by atoms with Crippen LogP contribution >= 0.6 is 11.6 Å². The normalized spacial score (nSPS) is 10.3. The van der Waals surface area contributed by atoms with Crippen LogP contribution in [0.4, 0.5) is 5.69 Å². The zero-order valence-corrected chi connectivity index (χ0v) is 11.2. The summed E-state index contributed by atoms with van der Waals surface area (Å²) in [5.41, 5.74) is -0.171. The highest BCUT2D eigenvalue weighted by Gasteiger charge is 2.16. The summed E-state index contributed by atoms with van der Waals surface area (Å²) in [5, 5.41) is 13.3. The van der Waals surface area contributed by atoms with Crippen LogP contribution in [0, 0.1) is 17.0 Å². The predicted octanol–water partition coefficient (Wildman–Crippen LogP) is 2.47. The van der Waals surface area contributed by atoms with Gasteiger partial charge in [0.15, 0.2) is 0 Å². The van der Waals surface area contributed by atoms with Crippen molar-refractivity contribution >= 4 is 23.2 Å². The molecule has 0 atom stereocenters. The van der Waals surface area contributed by atoms with E-state index in [4.69, 9.17) is 16.0 Å². The predicted molar refractivity (Wildman–Crippen MR) is 70.5 cm³/mol. The summed E-state index contributed by atoms with van der Waals surface area (Å²) in [5.74, 6) is 0.524. The molecule has 2 aromatic rings. The number of nitrogens with zero attached hydrogens (tertiary/aromatic N) is 2. The zero-order valence-electron chi connectivity index (χ0n) is 10.4. The molecule has 0 bridgehead atoms. The number of aryl methyl sites for hydroxylation is 1. The standard InChI is InChI=1S/C12H10ClN3O4/c1-7-5-14-11(20-7)6-15-12(17)8-2-3-9(13)10(4-8)16(18)19/h2-5H,6H2,1H3,(H,15,17). The summed E-state index contributed by atoms with van der Waals surface area (Å²) in [6.45, 7) is 1.84. The van der Waals surface area contributed by atoms with Crippen molar-refractivity contribution in [2.45, 2.75) is 13.5 Å². The van der Waals surface area contributed by atoms with Gasteiger partial charge < -0.3 is 9.73 Å². The molecule has 1 aromatic heterocycles. The molecule has 0 saturated carbocycles. The van der Waals surface area contributed by atoms with E-state index in [2.05, 4.69) is 10.3 Å². The maximum atomic E-state index is 11.9. The number of carbonyl (C=O) groups excluding carboxylic acids is 1. The third kappa shape index (κ3) is 3.12. The molecular weight excluding hydrogens is 286 g/mol. The second-order valence-corrected chi connectivity index (χ2v) is 4.38. The molecule has 7 nitrogen and oxygen atoms in total. The molecule has 8 heteroatoms. The molecular formula is C12H10ClN3O4. The van der Waals surface area contributed by atoms with Gasteiger partial charge in [-0.2, -0.15) is 0 Å². The lowest BCUT2D eigenvalue weighted by Gasteiger charge is -2.03. The van der Waals surface area contributed by atoms with Gasteiger partial charge in [-0.25, -0.2) is 4.98 Å². The number of nitro benzene ring substituents is 1. The zero-order chi connectivity index (χ0) is 14.7. The Labute approximate surface area is 118 Å². The van der Waals surface area contributed by atoms with Crippen LogP contribution in [-0.2, 0) is 6.54 Å². The number of benzene rings is 1. The number of amides is 1. The van der Waals surface area contributed by atoms with Crippen LogP contribution < -0.4 is 5.32 Å². The van der Waals surface area contributed by atoms with E-state index in [0.717, 1.165) is 6.07 Å². The first-order chi connectivity index (χ1) is 9.47. The molecule has 0 radical (unpaired) electrons. The third-order valence-electron chi connectivity index (χ3n) is 2.47. The molecule has 1 amide bonds. The Morgan fingerprint density at radius 3 is 2.90 bits per heavy atom. The fourth-order valence-corrected chi connectivity index (χ4v) is 1.72. The number of carbonyl (C=O) groups is 1. The molecule has 0 unspecified atom stereocenters. The number of aromatic nitrogens is 1. The highest BCUT2D eigenvalue weighted by molar-refractivity contribution is 6.32. The van der Waals surface area contributed by atoms with Crippen molar-refractivity contribution in [1.29, 1.82) is 0 Å². The quantitative estimate of drug-likeness (QED) is 0.690. The minimum absolute atomic E-state index is 0.0186. The molecule has 0 fully saturated rings. The first-order valence-corrected chi connectivity index (χ1v) is 5.98. The summed E-state index contributed by atoms with van der Waals surface area (Å²) in [7, 11) is 0.